The van der Waals surface area contributed by atoms with Crippen LogP contribution in [0.1, 0.15) is 11.1 Å². The van der Waals surface area contributed by atoms with Crippen LogP contribution in [0.4, 0.5) is 0 Å². The first-order chi connectivity index (χ1) is 9.83. The highest BCUT2D eigenvalue weighted by molar-refractivity contribution is 7.80. The Kier molecular flexibility index (Phi) is 3.75. The summed E-state index contributed by atoms with van der Waals surface area (Å²) in [5, 5.41) is 5.77. The van der Waals surface area contributed by atoms with E-state index in [2.05, 4.69) is 47.8 Å². The van der Waals surface area contributed by atoms with Gasteiger partial charge in [-0.25, -0.2) is 0 Å². The molecular formula is C18H15NS. The molecule has 0 heterocycles. The van der Waals surface area contributed by atoms with E-state index < -0.39 is 0 Å². The second-order valence-corrected chi connectivity index (χ2v) is 5.14. The van der Waals surface area contributed by atoms with Crippen molar-refractivity contribution < 1.29 is 0 Å². The highest BCUT2D eigenvalue weighted by Crippen LogP contribution is 2.16. The Labute approximate surface area is 124 Å². The Morgan fingerprint density at radius 1 is 0.800 bits per heavy atom. The SMILES string of the molecule is S=C(NCc1ccccc1)c1ccc2ccccc2c1. The Hall–Kier alpha value is -2.19. The van der Waals surface area contributed by atoms with Gasteiger partial charge in [-0.1, -0.05) is 78.9 Å². The van der Waals surface area contributed by atoms with Gasteiger partial charge in [0.15, 0.2) is 0 Å². The molecule has 0 aromatic heterocycles. The monoisotopic (exact) mass is 277 g/mol. The molecular weight excluding hydrogens is 262 g/mol. The second-order valence-electron chi connectivity index (χ2n) is 4.73. The molecule has 98 valence electrons. The minimum Gasteiger partial charge on any atom is -0.372 e. The molecule has 0 aliphatic carbocycles. The van der Waals surface area contributed by atoms with Gasteiger partial charge in [-0.2, -0.15) is 0 Å². The van der Waals surface area contributed by atoms with E-state index >= 15 is 0 Å². The molecule has 3 aromatic carbocycles. The van der Waals surface area contributed by atoms with Crippen molar-refractivity contribution in [1.82, 2.24) is 5.32 Å². The summed E-state index contributed by atoms with van der Waals surface area (Å²) < 4.78 is 0. The number of thiocarbonyl (C=S) groups is 1. The van der Waals surface area contributed by atoms with Crippen molar-refractivity contribution in [3.05, 3.63) is 83.9 Å². The fourth-order valence-electron chi connectivity index (χ4n) is 2.21. The van der Waals surface area contributed by atoms with Crippen molar-refractivity contribution in [1.29, 1.82) is 0 Å². The highest BCUT2D eigenvalue weighted by atomic mass is 32.1. The molecule has 20 heavy (non-hydrogen) atoms. The summed E-state index contributed by atoms with van der Waals surface area (Å²) in [6.45, 7) is 0.756. The van der Waals surface area contributed by atoms with Gasteiger partial charge in [-0.3, -0.25) is 0 Å². The maximum absolute atomic E-state index is 5.47. The van der Waals surface area contributed by atoms with Gasteiger partial charge in [-0.05, 0) is 22.4 Å². The summed E-state index contributed by atoms with van der Waals surface area (Å²) in [7, 11) is 0. The molecule has 1 N–H and O–H groups in total. The van der Waals surface area contributed by atoms with Crippen LogP contribution < -0.4 is 5.32 Å². The average molecular weight is 277 g/mol. The number of hydrogen-bond donors (Lipinski definition) is 1. The van der Waals surface area contributed by atoms with Crippen LogP contribution in [0, 0.1) is 0 Å². The zero-order chi connectivity index (χ0) is 13.8. The molecule has 0 fully saturated rings. The van der Waals surface area contributed by atoms with Gasteiger partial charge in [0.1, 0.15) is 4.99 Å². The summed E-state index contributed by atoms with van der Waals surface area (Å²) in [6.07, 6.45) is 0. The molecule has 0 aliphatic heterocycles. The standard InChI is InChI=1S/C18H15NS/c20-18(19-13-14-6-2-1-3-7-14)17-11-10-15-8-4-5-9-16(15)12-17/h1-12H,13H2,(H,19,20). The first-order valence-electron chi connectivity index (χ1n) is 6.64. The maximum atomic E-state index is 5.47. The largest absolute Gasteiger partial charge is 0.372 e. The molecule has 0 spiro atoms. The number of fused-ring (bicyclic) bond motifs is 1. The summed E-state index contributed by atoms with van der Waals surface area (Å²) in [5.74, 6) is 0. The van der Waals surface area contributed by atoms with Crippen molar-refractivity contribution in [3.63, 3.8) is 0 Å². The summed E-state index contributed by atoms with van der Waals surface area (Å²) >= 11 is 5.47. The zero-order valence-corrected chi connectivity index (χ0v) is 11.9. The lowest BCUT2D eigenvalue weighted by Gasteiger charge is -2.09. The lowest BCUT2D eigenvalue weighted by molar-refractivity contribution is 0.929. The molecule has 1 nitrogen and oxygen atoms in total. The van der Waals surface area contributed by atoms with Gasteiger partial charge in [0.25, 0.3) is 0 Å². The van der Waals surface area contributed by atoms with Crippen LogP contribution in [0.5, 0.6) is 0 Å². The van der Waals surface area contributed by atoms with E-state index in [1.165, 1.54) is 16.3 Å². The molecule has 0 radical (unpaired) electrons. The Morgan fingerprint density at radius 2 is 1.50 bits per heavy atom. The molecule has 0 saturated carbocycles. The predicted molar refractivity (Wildman–Crippen MR) is 88.9 cm³/mol. The van der Waals surface area contributed by atoms with Crippen LogP contribution in [0.25, 0.3) is 10.8 Å². The molecule has 3 aromatic rings. The number of benzene rings is 3. The molecule has 0 unspecified atom stereocenters. The van der Waals surface area contributed by atoms with Crippen molar-refractivity contribution in [2.75, 3.05) is 0 Å². The third-order valence-electron chi connectivity index (χ3n) is 3.31. The van der Waals surface area contributed by atoms with Crippen LogP contribution in [0.2, 0.25) is 0 Å². The van der Waals surface area contributed by atoms with Crippen molar-refractivity contribution in [3.8, 4) is 0 Å². The van der Waals surface area contributed by atoms with Crippen molar-refractivity contribution in [2.45, 2.75) is 6.54 Å². The maximum Gasteiger partial charge on any atom is 0.106 e. The van der Waals surface area contributed by atoms with Crippen LogP contribution >= 0.6 is 12.2 Å². The average Bonchev–Trinajstić information content (AvgIpc) is 2.53. The fourth-order valence-corrected chi connectivity index (χ4v) is 2.41. The number of rotatable bonds is 3. The Bertz CT molecular complexity index is 735. The zero-order valence-electron chi connectivity index (χ0n) is 11.0. The van der Waals surface area contributed by atoms with E-state index in [0.29, 0.717) is 0 Å². The summed E-state index contributed by atoms with van der Waals surface area (Å²) in [5.41, 5.74) is 2.30. The van der Waals surface area contributed by atoms with Gasteiger partial charge in [-0.15, -0.1) is 0 Å². The van der Waals surface area contributed by atoms with Crippen molar-refractivity contribution in [2.24, 2.45) is 0 Å². The molecule has 0 atom stereocenters. The van der Waals surface area contributed by atoms with E-state index in [1.807, 2.05) is 30.3 Å². The molecule has 0 amide bonds. The van der Waals surface area contributed by atoms with E-state index in [0.717, 1.165) is 17.1 Å². The third kappa shape index (κ3) is 2.86. The summed E-state index contributed by atoms with van der Waals surface area (Å²) in [4.78, 5) is 0.791. The topological polar surface area (TPSA) is 12.0 Å². The van der Waals surface area contributed by atoms with Gasteiger partial charge < -0.3 is 5.32 Å². The fraction of sp³-hybridized carbons (Fsp3) is 0.0556. The van der Waals surface area contributed by atoms with Crippen LogP contribution in [0.3, 0.4) is 0 Å². The quantitative estimate of drug-likeness (QED) is 0.716. The number of hydrogen-bond acceptors (Lipinski definition) is 1. The molecule has 2 heteroatoms. The minimum atomic E-state index is 0.756. The van der Waals surface area contributed by atoms with Gasteiger partial charge in [0.2, 0.25) is 0 Å². The highest BCUT2D eigenvalue weighted by Gasteiger charge is 2.02. The van der Waals surface area contributed by atoms with E-state index in [1.54, 1.807) is 0 Å². The van der Waals surface area contributed by atoms with Gasteiger partial charge in [0, 0.05) is 12.1 Å². The molecule has 0 aliphatic rings. The van der Waals surface area contributed by atoms with E-state index in [9.17, 15) is 0 Å². The lowest BCUT2D eigenvalue weighted by Crippen LogP contribution is -2.21. The van der Waals surface area contributed by atoms with Gasteiger partial charge >= 0.3 is 0 Å². The molecule has 0 bridgehead atoms. The van der Waals surface area contributed by atoms with E-state index in [4.69, 9.17) is 12.2 Å². The normalized spacial score (nSPS) is 10.4. The molecule has 3 rings (SSSR count). The first kappa shape index (κ1) is 12.8. The van der Waals surface area contributed by atoms with Gasteiger partial charge in [0.05, 0.1) is 0 Å². The lowest BCUT2D eigenvalue weighted by atomic mass is 10.1. The Morgan fingerprint density at radius 3 is 2.30 bits per heavy atom. The van der Waals surface area contributed by atoms with Crippen LogP contribution in [-0.4, -0.2) is 4.99 Å². The summed E-state index contributed by atoms with van der Waals surface area (Å²) in [6, 6.07) is 24.9. The van der Waals surface area contributed by atoms with Crippen molar-refractivity contribution >= 4 is 28.0 Å². The second kappa shape index (κ2) is 5.85. The third-order valence-corrected chi connectivity index (χ3v) is 3.69. The smallest absolute Gasteiger partial charge is 0.106 e. The number of nitrogens with one attached hydrogen (secondary N) is 1. The molecule has 0 saturated heterocycles. The van der Waals surface area contributed by atoms with Crippen LogP contribution in [-0.2, 0) is 6.54 Å². The Balaban J connectivity index is 1.75. The van der Waals surface area contributed by atoms with Crippen LogP contribution in [0.15, 0.2) is 72.8 Å². The van der Waals surface area contributed by atoms with E-state index in [-0.39, 0.29) is 0 Å². The predicted octanol–water partition coefficient (Wildman–Crippen LogP) is 4.31. The minimum absolute atomic E-state index is 0.756. The first-order valence-corrected chi connectivity index (χ1v) is 7.05.